The van der Waals surface area contributed by atoms with E-state index in [4.69, 9.17) is 5.11 Å². The minimum atomic E-state index is -0.988. The van der Waals surface area contributed by atoms with Crippen molar-refractivity contribution in [3.05, 3.63) is 30.1 Å². The molecule has 0 radical (unpaired) electrons. The molecule has 9 heteroatoms. The molecule has 1 aromatic rings. The third kappa shape index (κ3) is 4.72. The maximum absolute atomic E-state index is 13.2. The van der Waals surface area contributed by atoms with Crippen LogP contribution in [0.15, 0.2) is 24.4 Å². The number of piperazine rings is 1. The van der Waals surface area contributed by atoms with E-state index < -0.39 is 5.97 Å². The zero-order valence-corrected chi connectivity index (χ0v) is 18.1. The summed E-state index contributed by atoms with van der Waals surface area (Å²) in [6, 6.07) is 5.88. The van der Waals surface area contributed by atoms with E-state index in [2.05, 4.69) is 21.8 Å². The lowest BCUT2D eigenvalue weighted by Crippen LogP contribution is -2.64. The lowest BCUT2D eigenvalue weighted by Gasteiger charge is -2.51. The van der Waals surface area contributed by atoms with Crippen LogP contribution in [0, 0.1) is 5.92 Å². The first-order chi connectivity index (χ1) is 14.9. The van der Waals surface area contributed by atoms with Crippen LogP contribution in [0.4, 0.5) is 0 Å². The Labute approximate surface area is 182 Å². The normalized spacial score (nSPS) is 26.0. The monoisotopic (exact) mass is 429 g/mol. The molecule has 0 aliphatic carbocycles. The molecule has 168 valence electrons. The molecule has 31 heavy (non-hydrogen) atoms. The zero-order valence-electron chi connectivity index (χ0n) is 18.1. The Morgan fingerprint density at radius 1 is 1.19 bits per heavy atom. The Hall–Kier alpha value is -2.52. The van der Waals surface area contributed by atoms with Gasteiger partial charge in [-0.1, -0.05) is 6.07 Å². The molecule has 1 unspecified atom stereocenters. The fourth-order valence-electron chi connectivity index (χ4n) is 5.05. The number of hydrogen-bond acceptors (Lipinski definition) is 6. The highest BCUT2D eigenvalue weighted by Gasteiger charge is 2.45. The summed E-state index contributed by atoms with van der Waals surface area (Å²) in [5.74, 6) is -0.888. The number of likely N-dealkylation sites (tertiary alicyclic amines) is 2. The molecule has 4 rings (SSSR count). The van der Waals surface area contributed by atoms with Gasteiger partial charge in [-0.2, -0.15) is 0 Å². The molecule has 1 aromatic heterocycles. The van der Waals surface area contributed by atoms with Crippen LogP contribution >= 0.6 is 0 Å². The largest absolute Gasteiger partial charge is 0.480 e. The van der Waals surface area contributed by atoms with E-state index in [-0.39, 0.29) is 29.8 Å². The summed E-state index contributed by atoms with van der Waals surface area (Å²) in [6.07, 6.45) is 3.44. The molecule has 4 heterocycles. The van der Waals surface area contributed by atoms with Gasteiger partial charge in [0.15, 0.2) is 0 Å². The van der Waals surface area contributed by atoms with Crippen molar-refractivity contribution >= 4 is 17.8 Å². The van der Waals surface area contributed by atoms with Crippen LogP contribution in [0.25, 0.3) is 0 Å². The molecule has 0 bridgehead atoms. The fourth-order valence-corrected chi connectivity index (χ4v) is 5.05. The summed E-state index contributed by atoms with van der Waals surface area (Å²) in [6.45, 7) is 4.49. The van der Waals surface area contributed by atoms with Crippen molar-refractivity contribution < 1.29 is 19.5 Å². The highest BCUT2D eigenvalue weighted by Crippen LogP contribution is 2.33. The number of hydrogen-bond donors (Lipinski definition) is 1. The van der Waals surface area contributed by atoms with E-state index in [1.54, 1.807) is 6.20 Å². The van der Waals surface area contributed by atoms with Crippen molar-refractivity contribution in [3.63, 3.8) is 0 Å². The van der Waals surface area contributed by atoms with Gasteiger partial charge in [-0.3, -0.25) is 29.2 Å². The highest BCUT2D eigenvalue weighted by molar-refractivity contribution is 5.82. The maximum Gasteiger partial charge on any atom is 0.323 e. The van der Waals surface area contributed by atoms with E-state index in [0.29, 0.717) is 38.9 Å². The van der Waals surface area contributed by atoms with Gasteiger partial charge < -0.3 is 14.9 Å². The number of nitrogens with zero attached hydrogens (tertiary/aromatic N) is 5. The maximum atomic E-state index is 13.2. The minimum absolute atomic E-state index is 0.0140. The number of rotatable bonds is 5. The summed E-state index contributed by atoms with van der Waals surface area (Å²) in [5.41, 5.74) is 0.745. The van der Waals surface area contributed by atoms with E-state index in [9.17, 15) is 14.4 Å². The first-order valence-electron chi connectivity index (χ1n) is 11.0. The van der Waals surface area contributed by atoms with Crippen LogP contribution in [0.3, 0.4) is 0 Å². The number of pyridine rings is 1. The SMILES string of the molecule is CN1CCN(C(=O)C2CN(Cc3ccccn3)C2)CC12CCC(=O)N(CC(=O)O)CC2. The quantitative estimate of drug-likeness (QED) is 0.710. The molecular formula is C22H31N5O4. The predicted octanol–water partition coefficient (Wildman–Crippen LogP) is 0.123. The van der Waals surface area contributed by atoms with Crippen LogP contribution in [0.5, 0.6) is 0 Å². The van der Waals surface area contributed by atoms with Gasteiger partial charge in [0.05, 0.1) is 11.6 Å². The second-order valence-corrected chi connectivity index (χ2v) is 9.08. The number of carboxylic acid groups (broad SMARTS) is 1. The van der Waals surface area contributed by atoms with Gasteiger partial charge in [0, 0.05) is 64.0 Å². The van der Waals surface area contributed by atoms with Crippen LogP contribution in [0.1, 0.15) is 25.0 Å². The number of amides is 2. The first kappa shape index (κ1) is 21.7. The van der Waals surface area contributed by atoms with Crippen molar-refractivity contribution in [1.29, 1.82) is 0 Å². The summed E-state index contributed by atoms with van der Waals surface area (Å²) < 4.78 is 0. The average Bonchev–Trinajstić information content (AvgIpc) is 2.87. The highest BCUT2D eigenvalue weighted by atomic mass is 16.4. The van der Waals surface area contributed by atoms with Gasteiger partial charge in [-0.15, -0.1) is 0 Å². The zero-order chi connectivity index (χ0) is 22.0. The van der Waals surface area contributed by atoms with Gasteiger partial charge >= 0.3 is 5.97 Å². The fraction of sp³-hybridized carbons (Fsp3) is 0.636. The summed E-state index contributed by atoms with van der Waals surface area (Å²) in [5, 5.41) is 9.09. The number of carboxylic acids is 1. The Balaban J connectivity index is 1.35. The van der Waals surface area contributed by atoms with Gasteiger partial charge in [0.1, 0.15) is 6.54 Å². The van der Waals surface area contributed by atoms with Crippen LogP contribution in [-0.2, 0) is 20.9 Å². The molecule has 1 atom stereocenters. The Morgan fingerprint density at radius 2 is 2.00 bits per heavy atom. The molecule has 3 fully saturated rings. The van der Waals surface area contributed by atoms with Gasteiger partial charge in [0.2, 0.25) is 11.8 Å². The van der Waals surface area contributed by atoms with Crippen molar-refractivity contribution in [2.24, 2.45) is 5.92 Å². The second kappa shape index (κ2) is 8.92. The summed E-state index contributed by atoms with van der Waals surface area (Å²) in [7, 11) is 2.05. The Kier molecular flexibility index (Phi) is 6.24. The van der Waals surface area contributed by atoms with Gasteiger partial charge in [0.25, 0.3) is 0 Å². The topological polar surface area (TPSA) is 97.3 Å². The average molecular weight is 430 g/mol. The molecule has 0 aromatic carbocycles. The van der Waals surface area contributed by atoms with Crippen LogP contribution < -0.4 is 0 Å². The second-order valence-electron chi connectivity index (χ2n) is 9.08. The molecule has 9 nitrogen and oxygen atoms in total. The third-order valence-corrected chi connectivity index (χ3v) is 7.06. The first-order valence-corrected chi connectivity index (χ1v) is 11.0. The molecule has 3 aliphatic heterocycles. The molecule has 2 amide bonds. The smallest absolute Gasteiger partial charge is 0.323 e. The van der Waals surface area contributed by atoms with E-state index in [0.717, 1.165) is 31.9 Å². The van der Waals surface area contributed by atoms with E-state index >= 15 is 0 Å². The van der Waals surface area contributed by atoms with Crippen LogP contribution in [0.2, 0.25) is 0 Å². The van der Waals surface area contributed by atoms with E-state index in [1.807, 2.05) is 23.1 Å². The molecule has 0 saturated carbocycles. The molecule has 3 aliphatic rings. The van der Waals surface area contributed by atoms with Crippen molar-refractivity contribution in [1.82, 2.24) is 24.6 Å². The van der Waals surface area contributed by atoms with Crippen molar-refractivity contribution in [2.75, 3.05) is 52.9 Å². The molecule has 3 saturated heterocycles. The lowest BCUT2D eigenvalue weighted by atomic mass is 9.85. The van der Waals surface area contributed by atoms with Gasteiger partial charge in [-0.25, -0.2) is 0 Å². The summed E-state index contributed by atoms with van der Waals surface area (Å²) in [4.78, 5) is 48.9. The van der Waals surface area contributed by atoms with Crippen molar-refractivity contribution in [3.8, 4) is 0 Å². The predicted molar refractivity (Wildman–Crippen MR) is 113 cm³/mol. The van der Waals surface area contributed by atoms with Crippen LogP contribution in [-0.4, -0.2) is 106 Å². The number of carbonyl (C=O) groups excluding carboxylic acids is 2. The Bertz CT molecular complexity index is 828. The van der Waals surface area contributed by atoms with Crippen molar-refractivity contribution in [2.45, 2.75) is 31.3 Å². The van der Waals surface area contributed by atoms with E-state index in [1.165, 1.54) is 4.90 Å². The molecule has 1 N–H and O–H groups in total. The number of aliphatic carboxylic acids is 1. The summed E-state index contributed by atoms with van der Waals surface area (Å²) >= 11 is 0. The minimum Gasteiger partial charge on any atom is -0.480 e. The Morgan fingerprint density at radius 3 is 2.71 bits per heavy atom. The lowest BCUT2D eigenvalue weighted by molar-refractivity contribution is -0.147. The number of aromatic nitrogens is 1. The third-order valence-electron chi connectivity index (χ3n) is 7.06. The number of carbonyl (C=O) groups is 3. The number of likely N-dealkylation sites (N-methyl/N-ethyl adjacent to an activating group) is 1. The standard InChI is InChI=1S/C22H31N5O4/c1-24-10-11-27(16-22(24)6-5-19(28)26(9-7-22)15-20(29)30)21(31)17-12-25(13-17)14-18-4-2-3-8-23-18/h2-4,8,17H,5-7,9-16H2,1H3,(H,29,30). The molecule has 1 spiro atoms. The molecular weight excluding hydrogens is 398 g/mol. The van der Waals surface area contributed by atoms with Gasteiger partial charge in [-0.05, 0) is 32.0 Å².